The fraction of sp³-hybridized carbons (Fsp3) is 0.417. The minimum absolute atomic E-state index is 0.00139. The van der Waals surface area contributed by atoms with Crippen molar-refractivity contribution in [3.8, 4) is 0 Å². The van der Waals surface area contributed by atoms with Crippen LogP contribution in [0.1, 0.15) is 52.8 Å². The van der Waals surface area contributed by atoms with E-state index in [-0.39, 0.29) is 23.3 Å². The van der Waals surface area contributed by atoms with Crippen LogP contribution in [0.15, 0.2) is 54.6 Å². The van der Waals surface area contributed by atoms with Gasteiger partial charge in [-0.15, -0.1) is 0 Å². The van der Waals surface area contributed by atoms with Gasteiger partial charge in [-0.1, -0.05) is 30.3 Å². The molecular weight excluding hydrogens is 364 g/mol. The quantitative estimate of drug-likeness (QED) is 0.725. The number of amides is 2. The molecule has 5 nitrogen and oxygen atoms in total. The van der Waals surface area contributed by atoms with Gasteiger partial charge >= 0.3 is 0 Å². The zero-order chi connectivity index (χ0) is 19.8. The summed E-state index contributed by atoms with van der Waals surface area (Å²) in [6.07, 6.45) is 4.79. The number of hydrogen-bond donors (Lipinski definition) is 0. The minimum atomic E-state index is -0.126. The molecule has 0 radical (unpaired) electrons. The third kappa shape index (κ3) is 3.23. The number of rotatable bonds is 2. The second kappa shape index (κ2) is 7.30. The lowest BCUT2D eigenvalue weighted by molar-refractivity contribution is 0.0144. The molecule has 0 N–H and O–H groups in total. The Bertz CT molecular complexity index is 884. The monoisotopic (exact) mass is 390 g/mol. The van der Waals surface area contributed by atoms with Gasteiger partial charge in [-0.3, -0.25) is 14.5 Å². The van der Waals surface area contributed by atoms with E-state index in [1.807, 2.05) is 18.2 Å². The van der Waals surface area contributed by atoms with E-state index < -0.39 is 0 Å². The van der Waals surface area contributed by atoms with Crippen molar-refractivity contribution in [3.05, 3.63) is 65.7 Å². The van der Waals surface area contributed by atoms with Crippen molar-refractivity contribution in [3.63, 3.8) is 0 Å². The molecule has 0 atom stereocenters. The van der Waals surface area contributed by atoms with Crippen LogP contribution in [0.25, 0.3) is 0 Å². The maximum atomic E-state index is 12.8. The Kier molecular flexibility index (Phi) is 4.63. The van der Waals surface area contributed by atoms with Gasteiger partial charge in [-0.25, -0.2) is 0 Å². The van der Waals surface area contributed by atoms with E-state index in [4.69, 9.17) is 4.74 Å². The van der Waals surface area contributed by atoms with Crippen molar-refractivity contribution >= 4 is 17.5 Å². The van der Waals surface area contributed by atoms with Crippen molar-refractivity contribution in [2.45, 2.75) is 38.1 Å². The van der Waals surface area contributed by atoms with E-state index in [1.165, 1.54) is 10.6 Å². The Balaban J connectivity index is 1.25. The first-order chi connectivity index (χ1) is 14.2. The van der Waals surface area contributed by atoms with E-state index in [9.17, 15) is 9.59 Å². The lowest BCUT2D eigenvalue weighted by Gasteiger charge is -2.41. The molecule has 5 heteroatoms. The Morgan fingerprint density at radius 2 is 1.45 bits per heavy atom. The van der Waals surface area contributed by atoms with Gasteiger partial charge in [-0.2, -0.15) is 0 Å². The maximum absolute atomic E-state index is 12.8. The van der Waals surface area contributed by atoms with E-state index in [0.717, 1.165) is 45.3 Å². The number of benzene rings is 2. The van der Waals surface area contributed by atoms with Crippen LogP contribution < -0.4 is 4.90 Å². The minimum Gasteiger partial charge on any atom is -0.361 e. The van der Waals surface area contributed by atoms with E-state index in [1.54, 1.807) is 12.1 Å². The van der Waals surface area contributed by atoms with Crippen molar-refractivity contribution in [1.82, 2.24) is 4.90 Å². The summed E-state index contributed by atoms with van der Waals surface area (Å²) in [4.78, 5) is 29.4. The van der Waals surface area contributed by atoms with Crippen molar-refractivity contribution in [2.75, 3.05) is 24.8 Å². The first kappa shape index (κ1) is 18.4. The number of carbonyl (C=O) groups excluding carboxylic acids is 2. The molecule has 1 saturated heterocycles. The molecule has 2 aliphatic heterocycles. The first-order valence-electron chi connectivity index (χ1n) is 10.5. The molecule has 3 aliphatic rings. The number of nitrogens with zero attached hydrogens (tertiary/aromatic N) is 2. The van der Waals surface area contributed by atoms with Gasteiger partial charge in [0.1, 0.15) is 6.73 Å². The van der Waals surface area contributed by atoms with Gasteiger partial charge in [0.25, 0.3) is 11.8 Å². The molecule has 2 aromatic rings. The number of imide groups is 1. The molecule has 1 aliphatic carbocycles. The zero-order valence-electron chi connectivity index (χ0n) is 16.5. The summed E-state index contributed by atoms with van der Waals surface area (Å²) < 4.78 is 6.09. The first-order valence-corrected chi connectivity index (χ1v) is 10.5. The molecule has 29 heavy (non-hydrogen) atoms. The molecule has 1 saturated carbocycles. The average Bonchev–Trinajstić information content (AvgIpc) is 2.90. The summed E-state index contributed by atoms with van der Waals surface area (Å²) in [5.74, 6) is -0.252. The van der Waals surface area contributed by atoms with Crippen molar-refractivity contribution in [1.29, 1.82) is 0 Å². The number of ether oxygens (including phenoxy) is 1. The molecule has 2 heterocycles. The largest absolute Gasteiger partial charge is 0.361 e. The van der Waals surface area contributed by atoms with E-state index >= 15 is 0 Å². The second-order valence-corrected chi connectivity index (χ2v) is 8.58. The second-order valence-electron chi connectivity index (χ2n) is 8.58. The van der Waals surface area contributed by atoms with Crippen LogP contribution in [0.5, 0.6) is 0 Å². The van der Waals surface area contributed by atoms with Crippen LogP contribution in [0.3, 0.4) is 0 Å². The molecular formula is C24H26N2O3. The van der Waals surface area contributed by atoms with Crippen LogP contribution in [-0.2, 0) is 4.74 Å². The van der Waals surface area contributed by atoms with Gasteiger partial charge in [0.2, 0.25) is 0 Å². The van der Waals surface area contributed by atoms with Gasteiger partial charge in [-0.05, 0) is 61.8 Å². The van der Waals surface area contributed by atoms with Crippen molar-refractivity contribution in [2.24, 2.45) is 5.41 Å². The number of fused-ring (bicyclic) bond motifs is 1. The molecule has 0 bridgehead atoms. The van der Waals surface area contributed by atoms with E-state index in [0.29, 0.717) is 17.9 Å². The predicted molar refractivity (Wildman–Crippen MR) is 111 cm³/mol. The lowest BCUT2D eigenvalue weighted by Crippen LogP contribution is -2.45. The average molecular weight is 390 g/mol. The van der Waals surface area contributed by atoms with Gasteiger partial charge in [0.15, 0.2) is 0 Å². The number of anilines is 1. The normalized spacial score (nSPS) is 27.2. The fourth-order valence-electron chi connectivity index (χ4n) is 5.13. The zero-order valence-corrected chi connectivity index (χ0v) is 16.5. The van der Waals surface area contributed by atoms with E-state index in [2.05, 4.69) is 29.2 Å². The third-order valence-electron chi connectivity index (χ3n) is 6.90. The number of para-hydroxylation sites is 1. The van der Waals surface area contributed by atoms with Crippen LogP contribution in [0, 0.1) is 5.41 Å². The molecule has 2 aromatic carbocycles. The predicted octanol–water partition coefficient (Wildman–Crippen LogP) is 4.10. The molecule has 2 fully saturated rings. The van der Waals surface area contributed by atoms with Crippen LogP contribution >= 0.6 is 0 Å². The molecule has 2 amide bonds. The Hall–Kier alpha value is -2.66. The fourth-order valence-corrected chi connectivity index (χ4v) is 5.13. The topological polar surface area (TPSA) is 49.9 Å². The summed E-state index contributed by atoms with van der Waals surface area (Å²) in [6, 6.07) is 17.6. The maximum Gasteiger partial charge on any atom is 0.261 e. The summed E-state index contributed by atoms with van der Waals surface area (Å²) in [5, 5.41) is 0. The summed E-state index contributed by atoms with van der Waals surface area (Å²) in [7, 11) is 0. The molecule has 1 spiro atoms. The molecule has 0 aromatic heterocycles. The van der Waals surface area contributed by atoms with Gasteiger partial charge < -0.3 is 9.64 Å². The standard InChI is InChI=1S/C24H26N2O3/c27-22-20-8-4-5-9-21(20)23(28)26(22)19-10-12-24(13-11-19)14-15-25(17-29-16-24)18-6-2-1-3-7-18/h1-9,19H,10-17H2. The molecule has 150 valence electrons. The SMILES string of the molecule is O=C1c2ccccc2C(=O)N1C1CCC2(CC1)CCN(c1ccccc1)COC2. The number of carbonyl (C=O) groups is 2. The number of hydrogen-bond acceptors (Lipinski definition) is 4. The van der Waals surface area contributed by atoms with Gasteiger partial charge in [0.05, 0.1) is 17.7 Å². The highest BCUT2D eigenvalue weighted by Gasteiger charge is 2.44. The summed E-state index contributed by atoms with van der Waals surface area (Å²) in [5.41, 5.74) is 2.45. The highest BCUT2D eigenvalue weighted by molar-refractivity contribution is 6.21. The summed E-state index contributed by atoms with van der Waals surface area (Å²) in [6.45, 7) is 2.35. The summed E-state index contributed by atoms with van der Waals surface area (Å²) >= 11 is 0. The Labute approximate surface area is 171 Å². The van der Waals surface area contributed by atoms with Crippen LogP contribution in [-0.4, -0.2) is 42.6 Å². The molecule has 0 unspecified atom stereocenters. The highest BCUT2D eigenvalue weighted by Crippen LogP contribution is 2.43. The lowest BCUT2D eigenvalue weighted by atomic mass is 9.70. The van der Waals surface area contributed by atoms with Crippen molar-refractivity contribution < 1.29 is 14.3 Å². The Morgan fingerprint density at radius 3 is 2.10 bits per heavy atom. The smallest absolute Gasteiger partial charge is 0.261 e. The third-order valence-corrected chi connectivity index (χ3v) is 6.90. The van der Waals surface area contributed by atoms with Crippen LogP contribution in [0.2, 0.25) is 0 Å². The molecule has 5 rings (SSSR count). The van der Waals surface area contributed by atoms with Gasteiger partial charge in [0, 0.05) is 18.3 Å². The highest BCUT2D eigenvalue weighted by atomic mass is 16.5. The Morgan fingerprint density at radius 1 is 0.828 bits per heavy atom. The van der Waals surface area contributed by atoms with Crippen LogP contribution in [0.4, 0.5) is 5.69 Å².